The van der Waals surface area contributed by atoms with Crippen LogP contribution < -0.4 is 10.1 Å². The number of benzene rings is 1. The van der Waals surface area contributed by atoms with Crippen LogP contribution in [0, 0.1) is 10.1 Å². The molecular formula is C16H17Cl2N3O3. The summed E-state index contributed by atoms with van der Waals surface area (Å²) in [6, 6.07) is 8.06. The van der Waals surface area contributed by atoms with Crippen molar-refractivity contribution in [3.63, 3.8) is 0 Å². The molecule has 1 aliphatic carbocycles. The number of nitro benzene ring substituents is 1. The van der Waals surface area contributed by atoms with E-state index in [9.17, 15) is 10.1 Å². The smallest absolute Gasteiger partial charge is 0.270 e. The minimum atomic E-state index is -0.436. The molecule has 1 aromatic heterocycles. The number of hydrogen-bond donors (Lipinski definition) is 1. The molecule has 8 heteroatoms. The van der Waals surface area contributed by atoms with Gasteiger partial charge in [-0.15, -0.1) is 12.4 Å². The van der Waals surface area contributed by atoms with E-state index in [1.165, 1.54) is 12.1 Å². The second kappa shape index (κ2) is 7.34. The highest BCUT2D eigenvalue weighted by molar-refractivity contribution is 6.32. The Balaban J connectivity index is 0.00000208. The van der Waals surface area contributed by atoms with Crippen molar-refractivity contribution in [2.75, 3.05) is 13.7 Å². The highest BCUT2D eigenvalue weighted by atomic mass is 35.5. The minimum absolute atomic E-state index is 0. The van der Waals surface area contributed by atoms with Crippen LogP contribution in [0.15, 0.2) is 36.5 Å². The van der Waals surface area contributed by atoms with Crippen LogP contribution in [0.5, 0.6) is 5.75 Å². The van der Waals surface area contributed by atoms with E-state index in [2.05, 4.69) is 10.3 Å². The van der Waals surface area contributed by atoms with Crippen LogP contribution in [-0.4, -0.2) is 29.1 Å². The molecule has 0 aliphatic heterocycles. The van der Waals surface area contributed by atoms with Crippen LogP contribution in [0.3, 0.4) is 0 Å². The first-order valence-electron chi connectivity index (χ1n) is 7.25. The maximum absolute atomic E-state index is 10.9. The summed E-state index contributed by atoms with van der Waals surface area (Å²) in [5.41, 5.74) is 1.32. The third-order valence-electron chi connectivity index (χ3n) is 4.08. The number of hydrogen-bond acceptors (Lipinski definition) is 5. The predicted molar refractivity (Wildman–Crippen MR) is 95.1 cm³/mol. The Morgan fingerprint density at radius 2 is 2.17 bits per heavy atom. The van der Waals surface area contributed by atoms with Gasteiger partial charge in [-0.05, 0) is 31.5 Å². The summed E-state index contributed by atoms with van der Waals surface area (Å²) in [6.45, 7) is 0.557. The highest BCUT2D eigenvalue weighted by Gasteiger charge is 2.41. The maximum Gasteiger partial charge on any atom is 0.270 e. The van der Waals surface area contributed by atoms with Gasteiger partial charge in [-0.25, -0.2) is 4.98 Å². The quantitative estimate of drug-likeness (QED) is 0.475. The molecule has 1 fully saturated rings. The predicted octanol–water partition coefficient (Wildman–Crippen LogP) is 3.86. The molecule has 1 N–H and O–H groups in total. The van der Waals surface area contributed by atoms with Crippen molar-refractivity contribution >= 4 is 29.7 Å². The fourth-order valence-corrected chi connectivity index (χ4v) is 2.55. The van der Waals surface area contributed by atoms with Gasteiger partial charge >= 0.3 is 0 Å². The van der Waals surface area contributed by atoms with Crippen LogP contribution in [0.25, 0.3) is 11.1 Å². The number of aromatic nitrogens is 1. The SMILES string of the molecule is CNC1(COc2cnc(Cl)c(-c3cccc([N+](=O)[O-])c3)c2)CC1.Cl. The second-order valence-corrected chi connectivity index (χ2v) is 5.99. The Hall–Kier alpha value is -1.89. The molecule has 1 saturated carbocycles. The highest BCUT2D eigenvalue weighted by Crippen LogP contribution is 2.36. The van der Waals surface area contributed by atoms with Crippen LogP contribution in [0.4, 0.5) is 5.69 Å². The van der Waals surface area contributed by atoms with Gasteiger partial charge in [-0.3, -0.25) is 10.1 Å². The lowest BCUT2D eigenvalue weighted by molar-refractivity contribution is -0.384. The Labute approximate surface area is 150 Å². The number of nitrogens with zero attached hydrogens (tertiary/aromatic N) is 2. The number of pyridine rings is 1. The van der Waals surface area contributed by atoms with Crippen molar-refractivity contribution in [1.82, 2.24) is 10.3 Å². The van der Waals surface area contributed by atoms with Gasteiger partial charge in [0.15, 0.2) is 0 Å². The molecule has 0 bridgehead atoms. The summed E-state index contributed by atoms with van der Waals surface area (Å²) in [5, 5.41) is 14.5. The van der Waals surface area contributed by atoms with E-state index in [1.807, 2.05) is 7.05 Å². The first-order valence-corrected chi connectivity index (χ1v) is 7.63. The molecule has 3 rings (SSSR count). The van der Waals surface area contributed by atoms with Gasteiger partial charge < -0.3 is 10.1 Å². The number of nitro groups is 1. The van der Waals surface area contributed by atoms with Gasteiger partial charge in [0.2, 0.25) is 0 Å². The van der Waals surface area contributed by atoms with Crippen molar-refractivity contribution in [2.24, 2.45) is 0 Å². The van der Waals surface area contributed by atoms with E-state index in [4.69, 9.17) is 16.3 Å². The zero-order valence-corrected chi connectivity index (χ0v) is 14.6. The lowest BCUT2D eigenvalue weighted by Gasteiger charge is -2.15. The molecule has 1 aromatic carbocycles. The third-order valence-corrected chi connectivity index (χ3v) is 4.38. The average molecular weight is 370 g/mol. The monoisotopic (exact) mass is 369 g/mol. The van der Waals surface area contributed by atoms with E-state index in [1.54, 1.807) is 24.4 Å². The largest absolute Gasteiger partial charge is 0.490 e. The van der Waals surface area contributed by atoms with Crippen LogP contribution in [-0.2, 0) is 0 Å². The van der Waals surface area contributed by atoms with Crippen molar-refractivity contribution in [3.05, 3.63) is 51.8 Å². The van der Waals surface area contributed by atoms with Gasteiger partial charge in [0.05, 0.1) is 16.7 Å². The summed E-state index contributed by atoms with van der Waals surface area (Å²) >= 11 is 6.14. The zero-order chi connectivity index (χ0) is 16.4. The standard InChI is InChI=1S/C16H16ClN3O3.ClH/c1-18-16(5-6-16)10-23-13-8-14(15(17)19-9-13)11-3-2-4-12(7-11)20(21)22;/h2-4,7-9,18H,5-6,10H2,1H3;1H. The summed E-state index contributed by atoms with van der Waals surface area (Å²) in [6.07, 6.45) is 3.74. The molecule has 1 heterocycles. The second-order valence-electron chi connectivity index (χ2n) is 5.64. The van der Waals surface area contributed by atoms with E-state index < -0.39 is 4.92 Å². The molecule has 0 unspecified atom stereocenters. The number of ether oxygens (including phenoxy) is 1. The molecule has 2 aromatic rings. The Morgan fingerprint density at radius 3 is 2.79 bits per heavy atom. The maximum atomic E-state index is 10.9. The lowest BCUT2D eigenvalue weighted by Crippen LogP contribution is -2.33. The Kier molecular flexibility index (Phi) is 5.64. The number of nitrogens with one attached hydrogen (secondary N) is 1. The fraction of sp³-hybridized carbons (Fsp3) is 0.312. The van der Waals surface area contributed by atoms with Crippen LogP contribution >= 0.6 is 24.0 Å². The van der Waals surface area contributed by atoms with Gasteiger partial charge in [0.1, 0.15) is 17.5 Å². The topological polar surface area (TPSA) is 77.3 Å². The normalized spacial score (nSPS) is 14.6. The van der Waals surface area contributed by atoms with Crippen molar-refractivity contribution in [1.29, 1.82) is 0 Å². The molecule has 0 amide bonds. The number of halogens is 2. The van der Waals surface area contributed by atoms with E-state index in [-0.39, 0.29) is 28.8 Å². The van der Waals surface area contributed by atoms with Gasteiger partial charge in [-0.1, -0.05) is 23.7 Å². The lowest BCUT2D eigenvalue weighted by atomic mass is 10.1. The van der Waals surface area contributed by atoms with Crippen LogP contribution in [0.1, 0.15) is 12.8 Å². The van der Waals surface area contributed by atoms with E-state index in [0.29, 0.717) is 23.5 Å². The first-order chi connectivity index (χ1) is 11.0. The molecule has 0 radical (unpaired) electrons. The van der Waals surface area contributed by atoms with Crippen molar-refractivity contribution in [3.8, 4) is 16.9 Å². The molecule has 6 nitrogen and oxygen atoms in total. The molecule has 128 valence electrons. The molecule has 24 heavy (non-hydrogen) atoms. The molecule has 1 aliphatic rings. The number of rotatable bonds is 6. The summed E-state index contributed by atoms with van der Waals surface area (Å²) in [5.74, 6) is 0.595. The van der Waals surface area contributed by atoms with Gasteiger partial charge in [0, 0.05) is 17.7 Å². The molecular weight excluding hydrogens is 353 g/mol. The van der Waals surface area contributed by atoms with E-state index >= 15 is 0 Å². The van der Waals surface area contributed by atoms with Crippen molar-refractivity contribution in [2.45, 2.75) is 18.4 Å². The molecule has 0 atom stereocenters. The third kappa shape index (κ3) is 3.95. The summed E-state index contributed by atoms with van der Waals surface area (Å²) < 4.78 is 5.80. The van der Waals surface area contributed by atoms with E-state index in [0.717, 1.165) is 12.8 Å². The van der Waals surface area contributed by atoms with Gasteiger partial charge in [-0.2, -0.15) is 0 Å². The van der Waals surface area contributed by atoms with Crippen molar-refractivity contribution < 1.29 is 9.66 Å². The minimum Gasteiger partial charge on any atom is -0.490 e. The Morgan fingerprint density at radius 1 is 1.42 bits per heavy atom. The average Bonchev–Trinajstić information content (AvgIpc) is 3.35. The summed E-state index contributed by atoms with van der Waals surface area (Å²) in [7, 11) is 1.92. The molecule has 0 saturated heterocycles. The molecule has 0 spiro atoms. The summed E-state index contributed by atoms with van der Waals surface area (Å²) in [4.78, 5) is 14.6. The van der Waals surface area contributed by atoms with Crippen LogP contribution in [0.2, 0.25) is 5.15 Å². The zero-order valence-electron chi connectivity index (χ0n) is 13.0. The first kappa shape index (κ1) is 18.4. The number of non-ortho nitro benzene ring substituents is 1. The fourth-order valence-electron chi connectivity index (χ4n) is 2.34. The Bertz CT molecular complexity index is 751. The van der Waals surface area contributed by atoms with Gasteiger partial charge in [0.25, 0.3) is 5.69 Å². The number of likely N-dealkylation sites (N-methyl/N-ethyl adjacent to an activating group) is 1.